The number of amides is 1. The number of rotatable bonds is 4. The third kappa shape index (κ3) is 3.47. The van der Waals surface area contributed by atoms with Crippen molar-refractivity contribution in [2.75, 3.05) is 12.8 Å². The van der Waals surface area contributed by atoms with Gasteiger partial charge >= 0.3 is 0 Å². The molecule has 1 aliphatic rings. The molecule has 0 spiro atoms. The summed E-state index contributed by atoms with van der Waals surface area (Å²) in [5, 5.41) is 15.7. The van der Waals surface area contributed by atoms with Gasteiger partial charge in [-0.15, -0.1) is 10.2 Å². The molecule has 1 unspecified atom stereocenters. The molecule has 2 rings (SSSR count). The zero-order valence-electron chi connectivity index (χ0n) is 10.5. The molecule has 0 aromatic carbocycles. The van der Waals surface area contributed by atoms with Gasteiger partial charge in [0.15, 0.2) is 5.82 Å². The molecule has 0 saturated carbocycles. The van der Waals surface area contributed by atoms with Gasteiger partial charge in [-0.2, -0.15) is 9.52 Å². The Morgan fingerprint density at radius 2 is 2.32 bits per heavy atom. The molecule has 106 valence electrons. The first-order valence-electron chi connectivity index (χ1n) is 5.95. The monoisotopic (exact) mass is 288 g/mol. The first-order chi connectivity index (χ1) is 8.98. The Bertz CT molecular complexity index is 528. The molecule has 1 aromatic rings. The van der Waals surface area contributed by atoms with Gasteiger partial charge in [0.2, 0.25) is 15.9 Å². The average molecular weight is 288 g/mol. The van der Waals surface area contributed by atoms with Crippen LogP contribution in [0.4, 0.5) is 0 Å². The number of nitrogens with one attached hydrogen (secondary N) is 2. The molecule has 19 heavy (non-hydrogen) atoms. The van der Waals surface area contributed by atoms with Crippen molar-refractivity contribution < 1.29 is 13.2 Å². The Kier molecular flexibility index (Phi) is 4.10. The van der Waals surface area contributed by atoms with E-state index in [1.807, 2.05) is 0 Å². The van der Waals surface area contributed by atoms with E-state index in [1.165, 1.54) is 4.31 Å². The molecule has 1 amide bonds. The van der Waals surface area contributed by atoms with E-state index in [1.54, 1.807) is 0 Å². The maximum absolute atomic E-state index is 12.0. The lowest BCUT2D eigenvalue weighted by molar-refractivity contribution is -0.125. The fourth-order valence-corrected chi connectivity index (χ4v) is 3.23. The standard InChI is InChI=1S/C9H16N6O3S/c1-19(17,18)15-5-3-2-4-7(15)9(16)10-6-8-11-13-14-12-8/h7H,2-6H2,1H3,(H,10,16)(H,11,12,13,14). The Morgan fingerprint density at radius 3 is 2.95 bits per heavy atom. The third-order valence-electron chi connectivity index (χ3n) is 2.99. The normalized spacial score (nSPS) is 21.2. The number of hydrogen-bond donors (Lipinski definition) is 2. The number of nitrogens with zero attached hydrogens (tertiary/aromatic N) is 4. The van der Waals surface area contributed by atoms with Gasteiger partial charge in [0.1, 0.15) is 6.04 Å². The lowest BCUT2D eigenvalue weighted by Crippen LogP contribution is -2.51. The van der Waals surface area contributed by atoms with Gasteiger partial charge in [0.05, 0.1) is 12.8 Å². The molecule has 2 N–H and O–H groups in total. The summed E-state index contributed by atoms with van der Waals surface area (Å²) in [5.74, 6) is 0.0324. The summed E-state index contributed by atoms with van der Waals surface area (Å²) < 4.78 is 24.5. The molecule has 10 heteroatoms. The Hall–Kier alpha value is -1.55. The number of tetrazole rings is 1. The molecule has 0 radical (unpaired) electrons. The largest absolute Gasteiger partial charge is 0.347 e. The molecule has 0 bridgehead atoms. The van der Waals surface area contributed by atoms with Crippen LogP contribution in [0.25, 0.3) is 0 Å². The third-order valence-corrected chi connectivity index (χ3v) is 4.28. The van der Waals surface area contributed by atoms with Crippen molar-refractivity contribution in [3.05, 3.63) is 5.82 Å². The van der Waals surface area contributed by atoms with Gasteiger partial charge in [-0.1, -0.05) is 11.6 Å². The maximum atomic E-state index is 12.0. The molecule has 0 aliphatic carbocycles. The number of carbonyl (C=O) groups is 1. The van der Waals surface area contributed by atoms with Gasteiger partial charge in [-0.25, -0.2) is 8.42 Å². The van der Waals surface area contributed by atoms with Gasteiger partial charge in [0, 0.05) is 6.54 Å². The number of hydrogen-bond acceptors (Lipinski definition) is 6. The van der Waals surface area contributed by atoms with Crippen LogP contribution in [-0.4, -0.2) is 58.1 Å². The molecule has 1 aliphatic heterocycles. The average Bonchev–Trinajstić information content (AvgIpc) is 2.88. The molecular weight excluding hydrogens is 272 g/mol. The number of carbonyl (C=O) groups excluding carboxylic acids is 1. The van der Waals surface area contributed by atoms with Crippen molar-refractivity contribution in [3.8, 4) is 0 Å². The van der Waals surface area contributed by atoms with Crippen LogP contribution in [0.5, 0.6) is 0 Å². The highest BCUT2D eigenvalue weighted by atomic mass is 32.2. The van der Waals surface area contributed by atoms with Crippen molar-refractivity contribution in [1.82, 2.24) is 30.2 Å². The highest BCUT2D eigenvalue weighted by Gasteiger charge is 2.34. The number of piperidine rings is 1. The van der Waals surface area contributed by atoms with E-state index in [0.29, 0.717) is 18.8 Å². The molecule has 2 heterocycles. The van der Waals surface area contributed by atoms with Gasteiger partial charge in [-0.3, -0.25) is 4.79 Å². The first-order valence-corrected chi connectivity index (χ1v) is 7.80. The summed E-state index contributed by atoms with van der Waals surface area (Å²) in [6, 6.07) is -0.643. The van der Waals surface area contributed by atoms with E-state index in [4.69, 9.17) is 0 Å². The lowest BCUT2D eigenvalue weighted by Gasteiger charge is -2.32. The lowest BCUT2D eigenvalue weighted by atomic mass is 10.0. The van der Waals surface area contributed by atoms with Gasteiger partial charge in [-0.05, 0) is 12.8 Å². The van der Waals surface area contributed by atoms with E-state index in [0.717, 1.165) is 19.1 Å². The van der Waals surface area contributed by atoms with Crippen LogP contribution in [0.15, 0.2) is 0 Å². The minimum atomic E-state index is -3.37. The van der Waals surface area contributed by atoms with Crippen molar-refractivity contribution in [1.29, 1.82) is 0 Å². The first kappa shape index (κ1) is 13.9. The molecule has 1 atom stereocenters. The quantitative estimate of drug-likeness (QED) is 0.705. The van der Waals surface area contributed by atoms with Gasteiger partial charge in [0.25, 0.3) is 0 Å². The Morgan fingerprint density at radius 1 is 1.53 bits per heavy atom. The minimum Gasteiger partial charge on any atom is -0.347 e. The number of aromatic amines is 1. The summed E-state index contributed by atoms with van der Waals surface area (Å²) in [6.45, 7) is 0.516. The summed E-state index contributed by atoms with van der Waals surface area (Å²) in [7, 11) is -3.37. The molecule has 9 nitrogen and oxygen atoms in total. The van der Waals surface area contributed by atoms with E-state index in [2.05, 4.69) is 25.9 Å². The summed E-state index contributed by atoms with van der Waals surface area (Å²) >= 11 is 0. The smallest absolute Gasteiger partial charge is 0.238 e. The molecule has 1 saturated heterocycles. The molecule has 1 aromatic heterocycles. The van der Waals surface area contributed by atoms with Crippen molar-refractivity contribution in [2.24, 2.45) is 0 Å². The van der Waals surface area contributed by atoms with Crippen LogP contribution in [0.1, 0.15) is 25.1 Å². The number of H-pyrrole nitrogens is 1. The van der Waals surface area contributed by atoms with Crippen LogP contribution in [0, 0.1) is 0 Å². The van der Waals surface area contributed by atoms with E-state index >= 15 is 0 Å². The van der Waals surface area contributed by atoms with Crippen molar-refractivity contribution in [3.63, 3.8) is 0 Å². The second kappa shape index (κ2) is 5.61. The maximum Gasteiger partial charge on any atom is 0.238 e. The topological polar surface area (TPSA) is 121 Å². The van der Waals surface area contributed by atoms with E-state index in [9.17, 15) is 13.2 Å². The number of sulfonamides is 1. The molecule has 1 fully saturated rings. The van der Waals surface area contributed by atoms with Gasteiger partial charge < -0.3 is 5.32 Å². The highest BCUT2D eigenvalue weighted by molar-refractivity contribution is 7.88. The summed E-state index contributed by atoms with van der Waals surface area (Å²) in [4.78, 5) is 12.0. The van der Waals surface area contributed by atoms with E-state index < -0.39 is 16.1 Å². The minimum absolute atomic E-state index is 0.128. The summed E-state index contributed by atoms with van der Waals surface area (Å²) in [5.41, 5.74) is 0. The van der Waals surface area contributed by atoms with Crippen LogP contribution in [-0.2, 0) is 21.4 Å². The van der Waals surface area contributed by atoms with E-state index in [-0.39, 0.29) is 12.5 Å². The SMILES string of the molecule is CS(=O)(=O)N1CCCCC1C(=O)NCc1nn[nH]n1. The van der Waals surface area contributed by atoms with Crippen molar-refractivity contribution >= 4 is 15.9 Å². The Balaban J connectivity index is 1.99. The summed E-state index contributed by atoms with van der Waals surface area (Å²) in [6.07, 6.45) is 3.27. The van der Waals surface area contributed by atoms with Crippen LogP contribution in [0.2, 0.25) is 0 Å². The predicted molar refractivity (Wildman–Crippen MR) is 65.2 cm³/mol. The second-order valence-corrected chi connectivity index (χ2v) is 6.37. The zero-order valence-corrected chi connectivity index (χ0v) is 11.4. The number of aromatic nitrogens is 4. The second-order valence-electron chi connectivity index (χ2n) is 4.43. The molecular formula is C9H16N6O3S. The van der Waals surface area contributed by atoms with Crippen LogP contribution in [0.3, 0.4) is 0 Å². The fourth-order valence-electron chi connectivity index (χ4n) is 2.11. The Labute approximate surface area is 110 Å². The predicted octanol–water partition coefficient (Wildman–Crippen LogP) is -1.37. The van der Waals surface area contributed by atoms with Crippen molar-refractivity contribution in [2.45, 2.75) is 31.8 Å². The fraction of sp³-hybridized carbons (Fsp3) is 0.778. The van der Waals surface area contributed by atoms with Crippen LogP contribution >= 0.6 is 0 Å². The van der Waals surface area contributed by atoms with Crippen LogP contribution < -0.4 is 5.32 Å². The highest BCUT2D eigenvalue weighted by Crippen LogP contribution is 2.19. The zero-order chi connectivity index (χ0) is 13.9.